The van der Waals surface area contributed by atoms with Crippen LogP contribution in [0.5, 0.6) is 11.5 Å². The molecule has 1 heterocycles. The maximum atomic E-state index is 12.9. The van der Waals surface area contributed by atoms with E-state index in [1.54, 1.807) is 18.2 Å². The van der Waals surface area contributed by atoms with E-state index in [1.807, 2.05) is 0 Å². The van der Waals surface area contributed by atoms with E-state index in [0.29, 0.717) is 17.2 Å². The molecule has 0 saturated carbocycles. The van der Waals surface area contributed by atoms with Gasteiger partial charge in [0.25, 0.3) is 5.91 Å². The maximum absolute atomic E-state index is 12.9. The number of carbonyl (C=O) groups is 1. The molecule has 0 saturated heterocycles. The van der Waals surface area contributed by atoms with E-state index in [4.69, 9.17) is 21.1 Å². The smallest absolute Gasteiger partial charge is 0.257 e. The van der Waals surface area contributed by atoms with Crippen molar-refractivity contribution < 1.29 is 18.7 Å². The van der Waals surface area contributed by atoms with E-state index in [0.717, 1.165) is 6.07 Å². The zero-order valence-electron chi connectivity index (χ0n) is 10.2. The molecule has 4 nitrogen and oxygen atoms in total. The first-order valence-electron chi connectivity index (χ1n) is 5.79. The molecule has 1 amide bonds. The summed E-state index contributed by atoms with van der Waals surface area (Å²) in [5, 5.41) is 2.73. The number of fused-ring (bicyclic) bond motifs is 1. The van der Waals surface area contributed by atoms with Crippen molar-refractivity contribution in [3.63, 3.8) is 0 Å². The highest BCUT2D eigenvalue weighted by atomic mass is 35.5. The third-order valence-corrected chi connectivity index (χ3v) is 3.12. The summed E-state index contributed by atoms with van der Waals surface area (Å²) in [7, 11) is 0. The van der Waals surface area contributed by atoms with Crippen molar-refractivity contribution in [1.82, 2.24) is 0 Å². The molecule has 0 fully saturated rings. The predicted molar refractivity (Wildman–Crippen MR) is 71.9 cm³/mol. The fourth-order valence-corrected chi connectivity index (χ4v) is 2.10. The number of nitrogens with one attached hydrogen (secondary N) is 1. The molecular weight excluding hydrogens is 285 g/mol. The number of carbonyl (C=O) groups excluding carboxylic acids is 1. The summed E-state index contributed by atoms with van der Waals surface area (Å²) >= 11 is 5.84. The highest BCUT2D eigenvalue weighted by molar-refractivity contribution is 6.34. The van der Waals surface area contributed by atoms with Crippen molar-refractivity contribution >= 4 is 23.2 Å². The summed E-state index contributed by atoms with van der Waals surface area (Å²) in [6, 6.07) is 8.64. The van der Waals surface area contributed by atoms with Gasteiger partial charge < -0.3 is 14.8 Å². The summed E-state index contributed by atoms with van der Waals surface area (Å²) in [6.45, 7) is 0.163. The topological polar surface area (TPSA) is 47.6 Å². The lowest BCUT2D eigenvalue weighted by Gasteiger charge is -2.07. The Hall–Kier alpha value is -2.27. The molecule has 6 heteroatoms. The van der Waals surface area contributed by atoms with Crippen LogP contribution in [0.3, 0.4) is 0 Å². The Morgan fingerprint density at radius 3 is 2.75 bits per heavy atom. The number of amides is 1. The standard InChI is InChI=1S/C14H9ClFNO3/c15-11-5-8(16)1-3-10(11)14(18)17-9-2-4-12-13(6-9)20-7-19-12/h1-6H,7H2,(H,17,18). The van der Waals surface area contributed by atoms with Gasteiger partial charge in [-0.05, 0) is 30.3 Å². The molecule has 102 valence electrons. The van der Waals surface area contributed by atoms with E-state index in [9.17, 15) is 9.18 Å². The zero-order valence-corrected chi connectivity index (χ0v) is 10.9. The number of rotatable bonds is 2. The normalized spacial score (nSPS) is 12.3. The minimum Gasteiger partial charge on any atom is -0.454 e. The van der Waals surface area contributed by atoms with Gasteiger partial charge >= 0.3 is 0 Å². The minimum absolute atomic E-state index is 0.0586. The molecule has 1 aliphatic heterocycles. The lowest BCUT2D eigenvalue weighted by Crippen LogP contribution is -2.12. The summed E-state index contributed by atoms with van der Waals surface area (Å²) < 4.78 is 23.3. The van der Waals surface area contributed by atoms with Crippen LogP contribution >= 0.6 is 11.6 Å². The third-order valence-electron chi connectivity index (χ3n) is 2.81. The van der Waals surface area contributed by atoms with Crippen molar-refractivity contribution in [3.05, 3.63) is 52.8 Å². The monoisotopic (exact) mass is 293 g/mol. The maximum Gasteiger partial charge on any atom is 0.257 e. The molecule has 0 aliphatic carbocycles. The van der Waals surface area contributed by atoms with E-state index >= 15 is 0 Å². The van der Waals surface area contributed by atoms with Crippen LogP contribution in [0, 0.1) is 5.82 Å². The molecule has 1 N–H and O–H groups in total. The van der Waals surface area contributed by atoms with Crippen LogP contribution in [0.1, 0.15) is 10.4 Å². The van der Waals surface area contributed by atoms with Gasteiger partial charge in [-0.25, -0.2) is 4.39 Å². The van der Waals surface area contributed by atoms with Gasteiger partial charge in [0.05, 0.1) is 10.6 Å². The van der Waals surface area contributed by atoms with Gasteiger partial charge in [0, 0.05) is 11.8 Å². The van der Waals surface area contributed by atoms with E-state index in [2.05, 4.69) is 5.32 Å². The van der Waals surface area contributed by atoms with E-state index in [1.165, 1.54) is 12.1 Å². The zero-order chi connectivity index (χ0) is 14.1. The molecule has 1 aliphatic rings. The van der Waals surface area contributed by atoms with Crippen LogP contribution in [0.2, 0.25) is 5.02 Å². The van der Waals surface area contributed by atoms with Crippen LogP contribution in [-0.4, -0.2) is 12.7 Å². The highest BCUT2D eigenvalue weighted by Crippen LogP contribution is 2.34. The molecule has 0 aromatic heterocycles. The van der Waals surface area contributed by atoms with Gasteiger partial charge in [0.1, 0.15) is 5.82 Å². The lowest BCUT2D eigenvalue weighted by molar-refractivity contribution is 0.102. The van der Waals surface area contributed by atoms with Crippen LogP contribution in [0.25, 0.3) is 0 Å². The number of halogens is 2. The molecule has 0 bridgehead atoms. The van der Waals surface area contributed by atoms with E-state index in [-0.39, 0.29) is 17.4 Å². The second-order valence-electron chi connectivity index (χ2n) is 4.15. The first kappa shape index (κ1) is 12.7. The molecular formula is C14H9ClFNO3. The lowest BCUT2D eigenvalue weighted by atomic mass is 10.2. The summed E-state index contributed by atoms with van der Waals surface area (Å²) in [4.78, 5) is 12.1. The molecule has 3 rings (SSSR count). The van der Waals surface area contributed by atoms with Crippen LogP contribution in [-0.2, 0) is 0 Å². The number of anilines is 1. The largest absolute Gasteiger partial charge is 0.454 e. The van der Waals surface area contributed by atoms with Gasteiger partial charge in [0.2, 0.25) is 6.79 Å². The number of hydrogen-bond donors (Lipinski definition) is 1. The summed E-state index contributed by atoms with van der Waals surface area (Å²) in [5.41, 5.74) is 0.741. The molecule has 0 spiro atoms. The fraction of sp³-hybridized carbons (Fsp3) is 0.0714. The molecule has 20 heavy (non-hydrogen) atoms. The van der Waals surface area contributed by atoms with Gasteiger partial charge in [-0.15, -0.1) is 0 Å². The Labute approximate surface area is 119 Å². The fourth-order valence-electron chi connectivity index (χ4n) is 1.85. The highest BCUT2D eigenvalue weighted by Gasteiger charge is 2.16. The summed E-state index contributed by atoms with van der Waals surface area (Å²) in [6.07, 6.45) is 0. The van der Waals surface area contributed by atoms with Crippen LogP contribution < -0.4 is 14.8 Å². The first-order valence-corrected chi connectivity index (χ1v) is 6.17. The third kappa shape index (κ3) is 2.40. The molecule has 0 atom stereocenters. The van der Waals surface area contributed by atoms with Crippen LogP contribution in [0.15, 0.2) is 36.4 Å². The molecule has 2 aromatic rings. The average molecular weight is 294 g/mol. The number of hydrogen-bond acceptors (Lipinski definition) is 3. The second kappa shape index (κ2) is 5.02. The Bertz CT molecular complexity index is 690. The Morgan fingerprint density at radius 2 is 1.95 bits per heavy atom. The second-order valence-corrected chi connectivity index (χ2v) is 4.55. The van der Waals surface area contributed by atoms with Gasteiger partial charge in [-0.1, -0.05) is 11.6 Å². The van der Waals surface area contributed by atoms with Crippen molar-refractivity contribution in [2.45, 2.75) is 0 Å². The van der Waals surface area contributed by atoms with Gasteiger partial charge in [-0.2, -0.15) is 0 Å². The molecule has 0 unspecified atom stereocenters. The summed E-state index contributed by atoms with van der Waals surface area (Å²) in [5.74, 6) is 0.277. The number of ether oxygens (including phenoxy) is 2. The van der Waals surface area contributed by atoms with Crippen molar-refractivity contribution in [2.24, 2.45) is 0 Å². The van der Waals surface area contributed by atoms with E-state index < -0.39 is 11.7 Å². The van der Waals surface area contributed by atoms with Crippen molar-refractivity contribution in [3.8, 4) is 11.5 Å². The van der Waals surface area contributed by atoms with Crippen LogP contribution in [0.4, 0.5) is 10.1 Å². The molecule has 2 aromatic carbocycles. The van der Waals surface area contributed by atoms with Gasteiger partial charge in [-0.3, -0.25) is 4.79 Å². The first-order chi connectivity index (χ1) is 9.63. The van der Waals surface area contributed by atoms with Gasteiger partial charge in [0.15, 0.2) is 11.5 Å². The Balaban J connectivity index is 1.82. The molecule has 0 radical (unpaired) electrons. The van der Waals surface area contributed by atoms with Crippen molar-refractivity contribution in [1.29, 1.82) is 0 Å². The predicted octanol–water partition coefficient (Wildman–Crippen LogP) is 3.46. The van der Waals surface area contributed by atoms with Crippen molar-refractivity contribution in [2.75, 3.05) is 12.1 Å². The SMILES string of the molecule is O=C(Nc1ccc2c(c1)OCO2)c1ccc(F)cc1Cl. The quantitative estimate of drug-likeness (QED) is 0.922. The minimum atomic E-state index is -0.491. The Morgan fingerprint density at radius 1 is 1.15 bits per heavy atom. The average Bonchev–Trinajstić information content (AvgIpc) is 2.85. The number of benzene rings is 2. The Kier molecular flexibility index (Phi) is 3.20.